The van der Waals surface area contributed by atoms with Crippen molar-refractivity contribution in [1.29, 1.82) is 0 Å². The van der Waals surface area contributed by atoms with Gasteiger partial charge in [0.1, 0.15) is 0 Å². The fourth-order valence-corrected chi connectivity index (χ4v) is 7.65. The summed E-state index contributed by atoms with van der Waals surface area (Å²) in [5, 5.41) is 0. The van der Waals surface area contributed by atoms with Crippen molar-refractivity contribution in [2.45, 2.75) is 272 Å². The molecule has 48 heavy (non-hydrogen) atoms. The first kappa shape index (κ1) is 48.0. The van der Waals surface area contributed by atoms with Crippen LogP contribution in [-0.4, -0.2) is 24.5 Å². The van der Waals surface area contributed by atoms with Crippen LogP contribution in [0.1, 0.15) is 272 Å². The van der Waals surface area contributed by atoms with Crippen molar-refractivity contribution in [2.24, 2.45) is 11.8 Å². The second-order valence-electron chi connectivity index (χ2n) is 17.2. The van der Waals surface area contributed by atoms with E-state index < -0.39 is 0 Å². The van der Waals surface area contributed by atoms with E-state index in [-0.39, 0.29) is 0 Å². The summed E-state index contributed by atoms with van der Waals surface area (Å²) in [7, 11) is 0. The molecule has 0 bridgehead atoms. The molecule has 0 aliphatic heterocycles. The third-order valence-corrected chi connectivity index (χ3v) is 11.1. The molecule has 0 saturated carbocycles. The molecule has 0 aromatic rings. The lowest BCUT2D eigenvalue weighted by Crippen LogP contribution is -2.27. The fourth-order valence-electron chi connectivity index (χ4n) is 7.65. The van der Waals surface area contributed by atoms with Crippen molar-refractivity contribution in [3.05, 3.63) is 0 Å². The van der Waals surface area contributed by atoms with Crippen LogP contribution in [0.5, 0.6) is 0 Å². The Labute approximate surface area is 307 Å². The van der Waals surface area contributed by atoms with E-state index in [1.807, 2.05) is 0 Å². The average Bonchev–Trinajstić information content (AvgIpc) is 3.06. The maximum absolute atomic E-state index is 2.87. The van der Waals surface area contributed by atoms with Gasteiger partial charge in [-0.15, -0.1) is 0 Å². The minimum atomic E-state index is 0.890. The zero-order valence-electron chi connectivity index (χ0n) is 34.9. The number of hydrogen-bond acceptors (Lipinski definition) is 1. The predicted molar refractivity (Wildman–Crippen MR) is 223 cm³/mol. The van der Waals surface area contributed by atoms with Gasteiger partial charge in [-0.25, -0.2) is 0 Å². The summed E-state index contributed by atoms with van der Waals surface area (Å²) in [6, 6.07) is 0. The molecule has 0 fully saturated rings. The van der Waals surface area contributed by atoms with Crippen molar-refractivity contribution in [3.63, 3.8) is 0 Å². The minimum Gasteiger partial charge on any atom is -0.303 e. The Kier molecular flexibility index (Phi) is 41.3. The monoisotopic (exact) mass is 676 g/mol. The van der Waals surface area contributed by atoms with Gasteiger partial charge >= 0.3 is 0 Å². The Morgan fingerprint density at radius 1 is 0.250 bits per heavy atom. The molecule has 0 aliphatic carbocycles. The smallest absolute Gasteiger partial charge is 0.00187 e. The first-order valence-electron chi connectivity index (χ1n) is 23.3. The molecule has 0 aliphatic rings. The van der Waals surface area contributed by atoms with Gasteiger partial charge in [0, 0.05) is 0 Å². The van der Waals surface area contributed by atoms with E-state index in [2.05, 4.69) is 39.5 Å². The van der Waals surface area contributed by atoms with Gasteiger partial charge in [0.2, 0.25) is 0 Å². The van der Waals surface area contributed by atoms with E-state index in [0.717, 1.165) is 11.8 Å². The van der Waals surface area contributed by atoms with Crippen molar-refractivity contribution >= 4 is 0 Å². The van der Waals surface area contributed by atoms with Crippen LogP contribution >= 0.6 is 0 Å². The summed E-state index contributed by atoms with van der Waals surface area (Å²) in [6.45, 7) is 15.9. The summed E-state index contributed by atoms with van der Waals surface area (Å²) in [4.78, 5) is 2.87. The van der Waals surface area contributed by atoms with Gasteiger partial charge in [0.25, 0.3) is 0 Å². The van der Waals surface area contributed by atoms with Gasteiger partial charge in [-0.3, -0.25) is 0 Å². The van der Waals surface area contributed by atoms with E-state index in [4.69, 9.17) is 0 Å². The van der Waals surface area contributed by atoms with E-state index in [1.165, 1.54) is 257 Å². The molecule has 0 atom stereocenters. The second-order valence-corrected chi connectivity index (χ2v) is 17.2. The Morgan fingerprint density at radius 2 is 0.438 bits per heavy atom. The minimum absolute atomic E-state index is 0.890. The van der Waals surface area contributed by atoms with Gasteiger partial charge in [-0.1, -0.05) is 253 Å². The summed E-state index contributed by atoms with van der Waals surface area (Å²) in [5.74, 6) is 1.78. The molecule has 0 aromatic heterocycles. The standard InChI is InChI=1S/C47H97N/c1-6-7-8-9-10-11-18-23-28-33-38-43-48(44-39-34-29-24-19-14-12-16-21-26-31-36-41-46(2)3)45-40-35-30-25-20-15-13-17-22-27-32-37-42-47(4)5/h46-47H,6-45H2,1-5H3. The molecular weight excluding hydrogens is 579 g/mol. The largest absolute Gasteiger partial charge is 0.303 e. The second kappa shape index (κ2) is 41.4. The molecule has 0 spiro atoms. The number of rotatable bonds is 42. The third-order valence-electron chi connectivity index (χ3n) is 11.1. The van der Waals surface area contributed by atoms with E-state index in [9.17, 15) is 0 Å². The molecular formula is C47H97N. The molecule has 290 valence electrons. The van der Waals surface area contributed by atoms with Crippen LogP contribution in [0.25, 0.3) is 0 Å². The highest BCUT2D eigenvalue weighted by atomic mass is 15.1. The Hall–Kier alpha value is -0.0400. The topological polar surface area (TPSA) is 3.24 Å². The SMILES string of the molecule is CCCCCCCCCCCCCN(CCCCCCCCCCCCCCC(C)C)CCCCCCCCCCCCCCC(C)C. The molecule has 1 heteroatoms. The first-order chi connectivity index (χ1) is 23.6. The fraction of sp³-hybridized carbons (Fsp3) is 1.00. The van der Waals surface area contributed by atoms with Crippen LogP contribution in [0.3, 0.4) is 0 Å². The van der Waals surface area contributed by atoms with Gasteiger partial charge in [-0.05, 0) is 50.7 Å². The van der Waals surface area contributed by atoms with Crippen LogP contribution in [0.4, 0.5) is 0 Å². The maximum atomic E-state index is 2.87. The molecule has 0 aromatic carbocycles. The predicted octanol–water partition coefficient (Wildman–Crippen LogP) is 17.1. The normalized spacial score (nSPS) is 12.0. The maximum Gasteiger partial charge on any atom is -0.00187 e. The Morgan fingerprint density at radius 3 is 0.646 bits per heavy atom. The van der Waals surface area contributed by atoms with E-state index >= 15 is 0 Å². The molecule has 0 amide bonds. The van der Waals surface area contributed by atoms with E-state index in [1.54, 1.807) is 0 Å². The highest BCUT2D eigenvalue weighted by molar-refractivity contribution is 4.61. The van der Waals surface area contributed by atoms with Gasteiger partial charge < -0.3 is 4.90 Å². The van der Waals surface area contributed by atoms with Crippen LogP contribution < -0.4 is 0 Å². The molecule has 0 rings (SSSR count). The summed E-state index contributed by atoms with van der Waals surface area (Å²) in [5.41, 5.74) is 0. The van der Waals surface area contributed by atoms with Gasteiger partial charge in [0.15, 0.2) is 0 Å². The Bertz CT molecular complexity index is 517. The molecule has 0 radical (unpaired) electrons. The zero-order valence-corrected chi connectivity index (χ0v) is 34.9. The lowest BCUT2D eigenvalue weighted by atomic mass is 10.0. The quantitative estimate of drug-likeness (QED) is 0.0582. The number of hydrogen-bond donors (Lipinski definition) is 0. The third kappa shape index (κ3) is 42.1. The molecule has 1 nitrogen and oxygen atoms in total. The van der Waals surface area contributed by atoms with Crippen molar-refractivity contribution in [1.82, 2.24) is 4.90 Å². The van der Waals surface area contributed by atoms with Crippen molar-refractivity contribution < 1.29 is 0 Å². The Balaban J connectivity index is 3.91. The molecule has 0 N–H and O–H groups in total. The van der Waals surface area contributed by atoms with Gasteiger partial charge in [0.05, 0.1) is 0 Å². The highest BCUT2D eigenvalue weighted by Crippen LogP contribution is 2.17. The van der Waals surface area contributed by atoms with Crippen LogP contribution in [0.2, 0.25) is 0 Å². The van der Waals surface area contributed by atoms with Crippen LogP contribution in [0.15, 0.2) is 0 Å². The van der Waals surface area contributed by atoms with E-state index in [0.29, 0.717) is 0 Å². The summed E-state index contributed by atoms with van der Waals surface area (Å²) in [6.07, 6.45) is 54.2. The molecule has 0 saturated heterocycles. The van der Waals surface area contributed by atoms with Crippen molar-refractivity contribution in [2.75, 3.05) is 19.6 Å². The van der Waals surface area contributed by atoms with Crippen LogP contribution in [-0.2, 0) is 0 Å². The number of nitrogens with zero attached hydrogens (tertiary/aromatic N) is 1. The lowest BCUT2D eigenvalue weighted by Gasteiger charge is -2.22. The molecule has 0 unspecified atom stereocenters. The summed E-state index contributed by atoms with van der Waals surface area (Å²) >= 11 is 0. The first-order valence-corrected chi connectivity index (χ1v) is 23.3. The van der Waals surface area contributed by atoms with Crippen molar-refractivity contribution in [3.8, 4) is 0 Å². The van der Waals surface area contributed by atoms with Gasteiger partial charge in [-0.2, -0.15) is 0 Å². The summed E-state index contributed by atoms with van der Waals surface area (Å²) < 4.78 is 0. The highest BCUT2D eigenvalue weighted by Gasteiger charge is 2.06. The zero-order chi connectivity index (χ0) is 35.0. The molecule has 0 heterocycles. The average molecular weight is 676 g/mol. The van der Waals surface area contributed by atoms with Crippen LogP contribution in [0, 0.1) is 11.8 Å². The number of unbranched alkanes of at least 4 members (excludes halogenated alkanes) is 32. The lowest BCUT2D eigenvalue weighted by molar-refractivity contribution is 0.254.